The topological polar surface area (TPSA) is 52.4 Å². The van der Waals surface area contributed by atoms with E-state index in [1.54, 1.807) is 19.1 Å². The van der Waals surface area contributed by atoms with Gasteiger partial charge < -0.3 is 4.74 Å². The normalized spacial score (nSPS) is 10.3. The Hall–Kier alpha value is -1.23. The number of ether oxygens (including phenoxy) is 1. The molecule has 1 aromatic rings. The van der Waals surface area contributed by atoms with Crippen molar-refractivity contribution in [2.24, 2.45) is 0 Å². The summed E-state index contributed by atoms with van der Waals surface area (Å²) in [5.74, 6) is 1.63. The van der Waals surface area contributed by atoms with Crippen LogP contribution in [0.4, 0.5) is 5.69 Å². The molecule has 0 unspecified atom stereocenters. The maximum atomic E-state index is 10.7. The Kier molecular flexibility index (Phi) is 6.57. The van der Waals surface area contributed by atoms with Crippen LogP contribution in [0.3, 0.4) is 0 Å². The SMILES string of the molecule is Cc1cc(OCCCCCCS)ccc1[N+](=O)[O-]. The molecule has 18 heavy (non-hydrogen) atoms. The molecule has 1 rings (SSSR count). The van der Waals surface area contributed by atoms with Gasteiger partial charge in [-0.1, -0.05) is 12.8 Å². The molecular weight excluding hydrogens is 250 g/mol. The molecule has 0 heterocycles. The lowest BCUT2D eigenvalue weighted by atomic mass is 10.2. The van der Waals surface area contributed by atoms with Gasteiger partial charge in [0.15, 0.2) is 0 Å². The van der Waals surface area contributed by atoms with Crippen molar-refractivity contribution in [1.82, 2.24) is 0 Å². The predicted octanol–water partition coefficient (Wildman–Crippen LogP) is 3.77. The van der Waals surface area contributed by atoms with Crippen molar-refractivity contribution in [3.8, 4) is 5.75 Å². The van der Waals surface area contributed by atoms with E-state index in [4.69, 9.17) is 4.74 Å². The van der Waals surface area contributed by atoms with E-state index in [1.165, 1.54) is 12.5 Å². The fourth-order valence-corrected chi connectivity index (χ4v) is 1.90. The van der Waals surface area contributed by atoms with E-state index >= 15 is 0 Å². The number of unbranched alkanes of at least 4 members (excludes halogenated alkanes) is 3. The first-order chi connectivity index (χ1) is 8.65. The molecule has 0 radical (unpaired) electrons. The second-order valence-electron chi connectivity index (χ2n) is 4.19. The van der Waals surface area contributed by atoms with Crippen LogP contribution in [0, 0.1) is 17.0 Å². The van der Waals surface area contributed by atoms with E-state index in [0.717, 1.165) is 25.0 Å². The van der Waals surface area contributed by atoms with E-state index in [1.807, 2.05) is 0 Å². The quantitative estimate of drug-likeness (QED) is 0.338. The zero-order chi connectivity index (χ0) is 13.4. The Morgan fingerprint density at radius 3 is 2.61 bits per heavy atom. The minimum atomic E-state index is -0.378. The summed E-state index contributed by atoms with van der Waals surface area (Å²) < 4.78 is 5.56. The summed E-state index contributed by atoms with van der Waals surface area (Å²) in [4.78, 5) is 10.3. The molecule has 100 valence electrons. The molecule has 0 aliphatic rings. The number of nitro groups is 1. The first kappa shape index (κ1) is 14.8. The molecule has 0 amide bonds. The number of nitrogens with zero attached hydrogens (tertiary/aromatic N) is 1. The van der Waals surface area contributed by atoms with Crippen molar-refractivity contribution in [3.63, 3.8) is 0 Å². The molecule has 0 aliphatic carbocycles. The number of thiol groups is 1. The zero-order valence-corrected chi connectivity index (χ0v) is 11.5. The molecule has 0 atom stereocenters. The molecule has 0 spiro atoms. The van der Waals surface area contributed by atoms with Gasteiger partial charge in [0.1, 0.15) is 5.75 Å². The Morgan fingerprint density at radius 1 is 1.28 bits per heavy atom. The highest BCUT2D eigenvalue weighted by atomic mass is 32.1. The number of hydrogen-bond donors (Lipinski definition) is 1. The van der Waals surface area contributed by atoms with Crippen molar-refractivity contribution in [3.05, 3.63) is 33.9 Å². The minimum absolute atomic E-state index is 0.135. The molecule has 0 saturated carbocycles. The smallest absolute Gasteiger partial charge is 0.272 e. The standard InChI is InChI=1S/C13H19NO3S/c1-11-10-12(6-7-13(11)14(15)16)17-8-4-2-3-5-9-18/h6-7,10,18H,2-5,8-9H2,1H3. The largest absolute Gasteiger partial charge is 0.494 e. The average molecular weight is 269 g/mol. The van der Waals surface area contributed by atoms with Crippen LogP contribution in [-0.2, 0) is 0 Å². The molecule has 0 aliphatic heterocycles. The van der Waals surface area contributed by atoms with E-state index in [-0.39, 0.29) is 10.6 Å². The van der Waals surface area contributed by atoms with Crippen LogP contribution in [0.1, 0.15) is 31.2 Å². The highest BCUT2D eigenvalue weighted by Crippen LogP contribution is 2.23. The summed E-state index contributed by atoms with van der Waals surface area (Å²) in [6.45, 7) is 2.38. The number of rotatable bonds is 8. The second-order valence-corrected chi connectivity index (χ2v) is 4.64. The van der Waals surface area contributed by atoms with E-state index in [9.17, 15) is 10.1 Å². The van der Waals surface area contributed by atoms with E-state index < -0.39 is 0 Å². The molecular formula is C13H19NO3S. The fourth-order valence-electron chi connectivity index (χ4n) is 1.68. The highest BCUT2D eigenvalue weighted by Gasteiger charge is 2.10. The predicted molar refractivity (Wildman–Crippen MR) is 75.6 cm³/mol. The lowest BCUT2D eigenvalue weighted by molar-refractivity contribution is -0.385. The van der Waals surface area contributed by atoms with Gasteiger partial charge in [0.05, 0.1) is 11.5 Å². The van der Waals surface area contributed by atoms with Crippen molar-refractivity contribution in [1.29, 1.82) is 0 Å². The summed E-state index contributed by atoms with van der Waals surface area (Å²) in [5, 5.41) is 10.7. The Balaban J connectivity index is 2.35. The molecule has 0 saturated heterocycles. The van der Waals surface area contributed by atoms with Gasteiger partial charge in [0.2, 0.25) is 0 Å². The van der Waals surface area contributed by atoms with Gasteiger partial charge >= 0.3 is 0 Å². The average Bonchev–Trinajstić information content (AvgIpc) is 2.33. The minimum Gasteiger partial charge on any atom is -0.494 e. The number of hydrogen-bond acceptors (Lipinski definition) is 4. The lowest BCUT2D eigenvalue weighted by Gasteiger charge is -2.07. The van der Waals surface area contributed by atoms with Crippen molar-refractivity contribution in [2.45, 2.75) is 32.6 Å². The van der Waals surface area contributed by atoms with E-state index in [2.05, 4.69) is 12.6 Å². The summed E-state index contributed by atoms with van der Waals surface area (Å²) >= 11 is 4.15. The van der Waals surface area contributed by atoms with Gasteiger partial charge in [-0.25, -0.2) is 0 Å². The molecule has 1 aromatic carbocycles. The Bertz CT molecular complexity index is 396. The van der Waals surface area contributed by atoms with Crippen LogP contribution in [0.2, 0.25) is 0 Å². The maximum Gasteiger partial charge on any atom is 0.272 e. The van der Waals surface area contributed by atoms with Crippen LogP contribution < -0.4 is 4.74 Å². The highest BCUT2D eigenvalue weighted by molar-refractivity contribution is 7.80. The van der Waals surface area contributed by atoms with E-state index in [0.29, 0.717) is 17.9 Å². The van der Waals surface area contributed by atoms with Gasteiger partial charge in [-0.15, -0.1) is 0 Å². The number of benzene rings is 1. The third-order valence-electron chi connectivity index (χ3n) is 2.69. The third-order valence-corrected chi connectivity index (χ3v) is 3.00. The summed E-state index contributed by atoms with van der Waals surface area (Å²) in [7, 11) is 0. The Morgan fingerprint density at radius 2 is 2.00 bits per heavy atom. The van der Waals surface area contributed by atoms with Gasteiger partial charge in [-0.3, -0.25) is 10.1 Å². The fraction of sp³-hybridized carbons (Fsp3) is 0.538. The summed E-state index contributed by atoms with van der Waals surface area (Å²) in [6, 6.07) is 4.86. The van der Waals surface area contributed by atoms with Crippen LogP contribution in [-0.4, -0.2) is 17.3 Å². The van der Waals surface area contributed by atoms with Gasteiger partial charge in [-0.05, 0) is 37.7 Å². The molecule has 0 N–H and O–H groups in total. The second kappa shape index (κ2) is 7.97. The first-order valence-electron chi connectivity index (χ1n) is 6.14. The van der Waals surface area contributed by atoms with Crippen LogP contribution >= 0.6 is 12.6 Å². The Labute approximate surface area is 113 Å². The molecule has 5 heteroatoms. The molecule has 0 fully saturated rings. The summed E-state index contributed by atoms with van der Waals surface area (Å²) in [6.07, 6.45) is 4.45. The molecule has 0 aromatic heterocycles. The van der Waals surface area contributed by atoms with Crippen LogP contribution in [0.15, 0.2) is 18.2 Å². The number of nitro benzene ring substituents is 1. The van der Waals surface area contributed by atoms with Gasteiger partial charge in [0, 0.05) is 11.6 Å². The van der Waals surface area contributed by atoms with Crippen molar-refractivity contribution in [2.75, 3.05) is 12.4 Å². The van der Waals surface area contributed by atoms with Crippen molar-refractivity contribution < 1.29 is 9.66 Å². The maximum absolute atomic E-state index is 10.7. The van der Waals surface area contributed by atoms with Crippen molar-refractivity contribution >= 4 is 18.3 Å². The van der Waals surface area contributed by atoms with Gasteiger partial charge in [-0.2, -0.15) is 12.6 Å². The monoisotopic (exact) mass is 269 g/mol. The molecule has 0 bridgehead atoms. The van der Waals surface area contributed by atoms with Crippen LogP contribution in [0.5, 0.6) is 5.75 Å². The lowest BCUT2D eigenvalue weighted by Crippen LogP contribution is -1.98. The zero-order valence-electron chi connectivity index (χ0n) is 10.6. The van der Waals surface area contributed by atoms with Crippen LogP contribution in [0.25, 0.3) is 0 Å². The molecule has 4 nitrogen and oxygen atoms in total. The third kappa shape index (κ3) is 4.96. The number of aryl methyl sites for hydroxylation is 1. The van der Waals surface area contributed by atoms with Gasteiger partial charge in [0.25, 0.3) is 5.69 Å². The first-order valence-corrected chi connectivity index (χ1v) is 6.77. The summed E-state index contributed by atoms with van der Waals surface area (Å²) in [5.41, 5.74) is 0.767.